The molecule has 1 atom stereocenters. The van der Waals surface area contributed by atoms with E-state index in [-0.39, 0.29) is 10.9 Å². The molecule has 0 saturated heterocycles. The zero-order chi connectivity index (χ0) is 17.7. The molecule has 0 radical (unpaired) electrons. The standard InChI is InChI=1S/C14H14F3N3O2S2/c1-8(24-13-20-19-11(22-13)7-23-2)12(21)18-10-6-4-3-5-9(10)14(15,16)17/h3-6,8H,7H2,1-2H3,(H,18,21). The van der Waals surface area contributed by atoms with E-state index in [1.807, 2.05) is 6.26 Å². The van der Waals surface area contributed by atoms with Gasteiger partial charge in [-0.25, -0.2) is 0 Å². The van der Waals surface area contributed by atoms with Crippen LogP contribution in [0.3, 0.4) is 0 Å². The second kappa shape index (κ2) is 7.93. The lowest BCUT2D eigenvalue weighted by molar-refractivity contribution is -0.137. The van der Waals surface area contributed by atoms with Crippen LogP contribution < -0.4 is 5.32 Å². The van der Waals surface area contributed by atoms with Gasteiger partial charge in [0.05, 0.1) is 22.3 Å². The second-order valence-corrected chi connectivity index (χ2v) is 6.85. The Morgan fingerprint density at radius 3 is 2.71 bits per heavy atom. The number of hydrogen-bond donors (Lipinski definition) is 1. The number of para-hydroxylation sites is 1. The summed E-state index contributed by atoms with van der Waals surface area (Å²) >= 11 is 2.50. The zero-order valence-electron chi connectivity index (χ0n) is 12.8. The van der Waals surface area contributed by atoms with Crippen LogP contribution in [0.2, 0.25) is 0 Å². The van der Waals surface area contributed by atoms with Gasteiger partial charge in [0.25, 0.3) is 5.22 Å². The Morgan fingerprint density at radius 1 is 1.33 bits per heavy atom. The van der Waals surface area contributed by atoms with Crippen molar-refractivity contribution in [2.45, 2.75) is 29.3 Å². The summed E-state index contributed by atoms with van der Waals surface area (Å²) in [6.07, 6.45) is -2.66. The third-order valence-corrected chi connectivity index (χ3v) is 4.32. The summed E-state index contributed by atoms with van der Waals surface area (Å²) in [7, 11) is 0. The van der Waals surface area contributed by atoms with E-state index in [2.05, 4.69) is 15.5 Å². The Labute approximate surface area is 144 Å². The van der Waals surface area contributed by atoms with Gasteiger partial charge in [-0.15, -0.1) is 10.2 Å². The Bertz CT molecular complexity index is 707. The molecule has 5 nitrogen and oxygen atoms in total. The Hall–Kier alpha value is -1.68. The normalized spacial score (nSPS) is 12.9. The quantitative estimate of drug-likeness (QED) is 0.766. The number of hydrogen-bond acceptors (Lipinski definition) is 6. The highest BCUT2D eigenvalue weighted by Crippen LogP contribution is 2.35. The number of nitrogens with zero attached hydrogens (tertiary/aromatic N) is 2. The SMILES string of the molecule is CSCc1nnc(SC(C)C(=O)Nc2ccccc2C(F)(F)F)o1. The fourth-order valence-corrected chi connectivity index (χ4v) is 2.81. The molecule has 0 aliphatic rings. The van der Waals surface area contributed by atoms with Crippen LogP contribution in [0.15, 0.2) is 33.9 Å². The van der Waals surface area contributed by atoms with Gasteiger partial charge < -0.3 is 9.73 Å². The van der Waals surface area contributed by atoms with Gasteiger partial charge in [0, 0.05) is 0 Å². The van der Waals surface area contributed by atoms with Gasteiger partial charge in [0.15, 0.2) is 0 Å². The van der Waals surface area contributed by atoms with Crippen LogP contribution in [0.5, 0.6) is 0 Å². The van der Waals surface area contributed by atoms with Crippen molar-refractivity contribution in [3.05, 3.63) is 35.7 Å². The van der Waals surface area contributed by atoms with E-state index in [1.165, 1.54) is 30.0 Å². The number of thioether (sulfide) groups is 2. The van der Waals surface area contributed by atoms with Gasteiger partial charge >= 0.3 is 6.18 Å². The van der Waals surface area contributed by atoms with Crippen molar-refractivity contribution in [1.29, 1.82) is 0 Å². The van der Waals surface area contributed by atoms with Crippen LogP contribution in [0, 0.1) is 0 Å². The minimum Gasteiger partial charge on any atom is -0.415 e. The number of carbonyl (C=O) groups excluding carboxylic acids is 1. The van der Waals surface area contributed by atoms with Crippen LogP contribution in [0.25, 0.3) is 0 Å². The number of aromatic nitrogens is 2. The van der Waals surface area contributed by atoms with Gasteiger partial charge in [-0.2, -0.15) is 24.9 Å². The van der Waals surface area contributed by atoms with Crippen LogP contribution in [0.4, 0.5) is 18.9 Å². The lowest BCUT2D eigenvalue weighted by Crippen LogP contribution is -2.24. The van der Waals surface area contributed by atoms with Crippen molar-refractivity contribution < 1.29 is 22.4 Å². The number of anilines is 1. The maximum absolute atomic E-state index is 12.9. The molecule has 130 valence electrons. The van der Waals surface area contributed by atoms with Gasteiger partial charge in [0.1, 0.15) is 0 Å². The van der Waals surface area contributed by atoms with Crippen LogP contribution in [0.1, 0.15) is 18.4 Å². The molecule has 0 aliphatic heterocycles. The predicted molar refractivity (Wildman–Crippen MR) is 86.9 cm³/mol. The molecule has 2 aromatic rings. The molecule has 24 heavy (non-hydrogen) atoms. The minimum absolute atomic E-state index is 0.200. The average Bonchev–Trinajstić information content (AvgIpc) is 2.94. The highest BCUT2D eigenvalue weighted by atomic mass is 32.2. The monoisotopic (exact) mass is 377 g/mol. The molecule has 2 rings (SSSR count). The van der Waals surface area contributed by atoms with E-state index in [4.69, 9.17) is 4.42 Å². The first-order valence-corrected chi connectivity index (χ1v) is 9.03. The Balaban J connectivity index is 2.04. The Morgan fingerprint density at radius 2 is 2.04 bits per heavy atom. The minimum atomic E-state index is -4.54. The summed E-state index contributed by atoms with van der Waals surface area (Å²) in [5.41, 5.74) is -1.17. The van der Waals surface area contributed by atoms with Crippen LogP contribution in [-0.2, 0) is 16.7 Å². The summed E-state index contributed by atoms with van der Waals surface area (Å²) in [4.78, 5) is 12.1. The summed E-state index contributed by atoms with van der Waals surface area (Å²) in [5, 5.41) is 9.40. The molecule has 0 saturated carbocycles. The van der Waals surface area contributed by atoms with Crippen LogP contribution >= 0.6 is 23.5 Å². The van der Waals surface area contributed by atoms with Crippen molar-refractivity contribution in [1.82, 2.24) is 10.2 Å². The molecule has 0 aliphatic carbocycles. The summed E-state index contributed by atoms with van der Waals surface area (Å²) in [6, 6.07) is 4.82. The van der Waals surface area contributed by atoms with Crippen molar-refractivity contribution in [2.24, 2.45) is 0 Å². The highest BCUT2D eigenvalue weighted by Gasteiger charge is 2.34. The first kappa shape index (κ1) is 18.7. The lowest BCUT2D eigenvalue weighted by Gasteiger charge is -2.15. The van der Waals surface area contributed by atoms with E-state index >= 15 is 0 Å². The predicted octanol–water partition coefficient (Wildman–Crippen LogP) is 4.07. The molecule has 0 fully saturated rings. The topological polar surface area (TPSA) is 68.0 Å². The third-order valence-electron chi connectivity index (χ3n) is 2.85. The Kier molecular flexibility index (Phi) is 6.16. The maximum atomic E-state index is 12.9. The first-order valence-electron chi connectivity index (χ1n) is 6.76. The fraction of sp³-hybridized carbons (Fsp3) is 0.357. The van der Waals surface area contributed by atoms with Crippen LogP contribution in [-0.4, -0.2) is 27.6 Å². The molecule has 1 heterocycles. The molecule has 1 unspecified atom stereocenters. The fourth-order valence-electron chi connectivity index (χ4n) is 1.75. The number of alkyl halides is 3. The van der Waals surface area contributed by atoms with Crippen molar-refractivity contribution in [3.8, 4) is 0 Å². The largest absolute Gasteiger partial charge is 0.418 e. The summed E-state index contributed by atoms with van der Waals surface area (Å²) in [5.74, 6) is 0.397. The van der Waals surface area contributed by atoms with Crippen molar-refractivity contribution in [2.75, 3.05) is 11.6 Å². The molecule has 1 aromatic carbocycles. The van der Waals surface area contributed by atoms with E-state index in [9.17, 15) is 18.0 Å². The molecule has 1 aromatic heterocycles. The molecule has 1 amide bonds. The van der Waals surface area contributed by atoms with Gasteiger partial charge in [-0.1, -0.05) is 23.9 Å². The molecule has 10 heteroatoms. The third kappa shape index (κ3) is 4.91. The molecule has 1 N–H and O–H groups in total. The van der Waals surface area contributed by atoms with Crippen molar-refractivity contribution in [3.63, 3.8) is 0 Å². The van der Waals surface area contributed by atoms with Gasteiger partial charge in [0.2, 0.25) is 11.8 Å². The van der Waals surface area contributed by atoms with E-state index in [0.29, 0.717) is 11.6 Å². The molecule has 0 bridgehead atoms. The summed E-state index contributed by atoms with van der Waals surface area (Å²) in [6.45, 7) is 1.55. The highest BCUT2D eigenvalue weighted by molar-refractivity contribution is 8.00. The maximum Gasteiger partial charge on any atom is 0.418 e. The number of nitrogens with one attached hydrogen (secondary N) is 1. The van der Waals surface area contributed by atoms with E-state index in [0.717, 1.165) is 17.8 Å². The van der Waals surface area contributed by atoms with Gasteiger partial charge in [-0.3, -0.25) is 4.79 Å². The van der Waals surface area contributed by atoms with Gasteiger partial charge in [-0.05, 0) is 25.3 Å². The molecule has 0 spiro atoms. The number of rotatable bonds is 6. The number of carbonyl (C=O) groups is 1. The second-order valence-electron chi connectivity index (χ2n) is 4.69. The summed E-state index contributed by atoms with van der Waals surface area (Å²) < 4.78 is 44.1. The smallest absolute Gasteiger partial charge is 0.415 e. The first-order chi connectivity index (χ1) is 11.3. The molecular formula is C14H14F3N3O2S2. The number of benzene rings is 1. The average molecular weight is 377 g/mol. The number of halogens is 3. The molecular weight excluding hydrogens is 363 g/mol. The number of amides is 1. The lowest BCUT2D eigenvalue weighted by atomic mass is 10.1. The van der Waals surface area contributed by atoms with E-state index < -0.39 is 22.9 Å². The van der Waals surface area contributed by atoms with Crippen molar-refractivity contribution >= 4 is 35.1 Å². The zero-order valence-corrected chi connectivity index (χ0v) is 14.4. The van der Waals surface area contributed by atoms with E-state index in [1.54, 1.807) is 6.92 Å².